The lowest BCUT2D eigenvalue weighted by atomic mass is 10.2. The predicted octanol–water partition coefficient (Wildman–Crippen LogP) is 1.22. The molecule has 0 aliphatic heterocycles. The highest BCUT2D eigenvalue weighted by Gasteiger charge is 2.11. The minimum Gasteiger partial charge on any atom is -0.355 e. The molecule has 1 rings (SSSR count). The molecule has 0 unspecified atom stereocenters. The van der Waals surface area contributed by atoms with E-state index in [9.17, 15) is 4.79 Å². The van der Waals surface area contributed by atoms with Crippen LogP contribution in [0.5, 0.6) is 0 Å². The second-order valence-corrected chi connectivity index (χ2v) is 5.55. The summed E-state index contributed by atoms with van der Waals surface area (Å²) >= 11 is 6.08. The van der Waals surface area contributed by atoms with Gasteiger partial charge in [-0.2, -0.15) is 0 Å². The van der Waals surface area contributed by atoms with Crippen LogP contribution >= 0.6 is 11.6 Å². The van der Waals surface area contributed by atoms with E-state index in [1.807, 2.05) is 11.9 Å². The number of nitrogens with zero attached hydrogens (tertiary/aromatic N) is 2. The molecule has 0 saturated heterocycles. The molecule has 0 aliphatic rings. The summed E-state index contributed by atoms with van der Waals surface area (Å²) in [6, 6.07) is 3.42. The summed E-state index contributed by atoms with van der Waals surface area (Å²) in [5.74, 6) is 6.29. The Morgan fingerprint density at radius 3 is 2.80 bits per heavy atom. The molecule has 0 saturated carbocycles. The van der Waals surface area contributed by atoms with Crippen molar-refractivity contribution in [3.8, 4) is 0 Å². The Labute approximate surface area is 124 Å². The number of amides is 1. The van der Waals surface area contributed by atoms with Crippen LogP contribution in [0.3, 0.4) is 0 Å². The van der Waals surface area contributed by atoms with Gasteiger partial charge in [-0.25, -0.2) is 10.8 Å². The van der Waals surface area contributed by atoms with E-state index in [0.717, 1.165) is 0 Å². The number of likely N-dealkylation sites (N-methyl/N-ethyl adjacent to an activating group) is 1. The first-order valence-electron chi connectivity index (χ1n) is 6.49. The number of halogens is 1. The Balaban J connectivity index is 2.53. The maximum Gasteiger partial charge on any atom is 0.234 e. The van der Waals surface area contributed by atoms with Crippen LogP contribution in [0, 0.1) is 5.92 Å². The standard InChI is InChI=1S/C13H22ClN5O/c1-9(2)6-16-13(20)8-19(3)7-11-10(14)4-5-12(17-11)18-15/h4-5,9H,6-8,15H2,1-3H3,(H,16,20)(H,17,18). The highest BCUT2D eigenvalue weighted by atomic mass is 35.5. The van der Waals surface area contributed by atoms with Crippen LogP contribution in [-0.4, -0.2) is 35.9 Å². The molecular formula is C13H22ClN5O. The van der Waals surface area contributed by atoms with Gasteiger partial charge in [-0.15, -0.1) is 0 Å². The van der Waals surface area contributed by atoms with Gasteiger partial charge >= 0.3 is 0 Å². The van der Waals surface area contributed by atoms with Crippen LogP contribution in [0.1, 0.15) is 19.5 Å². The summed E-state index contributed by atoms with van der Waals surface area (Å²) in [7, 11) is 1.84. The zero-order chi connectivity index (χ0) is 15.1. The van der Waals surface area contributed by atoms with Gasteiger partial charge in [0.05, 0.1) is 17.3 Å². The summed E-state index contributed by atoms with van der Waals surface area (Å²) in [6.07, 6.45) is 0. The Kier molecular flexibility index (Phi) is 6.70. The summed E-state index contributed by atoms with van der Waals surface area (Å²) < 4.78 is 0. The lowest BCUT2D eigenvalue weighted by Crippen LogP contribution is -2.36. The van der Waals surface area contributed by atoms with Crippen LogP contribution in [0.15, 0.2) is 12.1 Å². The molecule has 1 aromatic heterocycles. The molecule has 0 aliphatic carbocycles. The molecule has 1 amide bonds. The lowest BCUT2D eigenvalue weighted by molar-refractivity contribution is -0.122. The predicted molar refractivity (Wildman–Crippen MR) is 81.2 cm³/mol. The number of pyridine rings is 1. The lowest BCUT2D eigenvalue weighted by Gasteiger charge is -2.17. The van der Waals surface area contributed by atoms with Crippen molar-refractivity contribution >= 4 is 23.3 Å². The van der Waals surface area contributed by atoms with Crippen molar-refractivity contribution in [1.82, 2.24) is 15.2 Å². The van der Waals surface area contributed by atoms with E-state index >= 15 is 0 Å². The molecule has 0 spiro atoms. The molecule has 4 N–H and O–H groups in total. The van der Waals surface area contributed by atoms with E-state index in [1.165, 1.54) is 0 Å². The first kappa shape index (κ1) is 16.7. The smallest absolute Gasteiger partial charge is 0.234 e. The number of rotatable bonds is 7. The molecule has 1 heterocycles. The monoisotopic (exact) mass is 299 g/mol. The van der Waals surface area contributed by atoms with Gasteiger partial charge in [-0.05, 0) is 25.1 Å². The van der Waals surface area contributed by atoms with Gasteiger partial charge in [0.25, 0.3) is 0 Å². The summed E-state index contributed by atoms with van der Waals surface area (Å²) in [4.78, 5) is 17.8. The third-order valence-electron chi connectivity index (χ3n) is 2.61. The first-order valence-corrected chi connectivity index (χ1v) is 6.87. The van der Waals surface area contributed by atoms with Crippen LogP contribution in [0.25, 0.3) is 0 Å². The van der Waals surface area contributed by atoms with Crippen molar-refractivity contribution in [1.29, 1.82) is 0 Å². The number of carbonyl (C=O) groups is 1. The summed E-state index contributed by atoms with van der Waals surface area (Å²) in [6.45, 7) is 5.56. The van der Waals surface area contributed by atoms with Gasteiger partial charge in [0, 0.05) is 13.1 Å². The topological polar surface area (TPSA) is 83.3 Å². The molecule has 112 valence electrons. The number of aromatic nitrogens is 1. The van der Waals surface area contributed by atoms with E-state index < -0.39 is 0 Å². The maximum atomic E-state index is 11.7. The number of nitrogen functional groups attached to an aromatic ring is 1. The fraction of sp³-hybridized carbons (Fsp3) is 0.538. The molecule has 0 aromatic carbocycles. The average molecular weight is 300 g/mol. The Morgan fingerprint density at radius 1 is 1.50 bits per heavy atom. The number of anilines is 1. The number of nitrogens with one attached hydrogen (secondary N) is 2. The van der Waals surface area contributed by atoms with Crippen molar-refractivity contribution in [3.63, 3.8) is 0 Å². The Morgan fingerprint density at radius 2 is 2.20 bits per heavy atom. The molecule has 1 aromatic rings. The van der Waals surface area contributed by atoms with Gasteiger partial charge in [0.2, 0.25) is 5.91 Å². The molecule has 0 bridgehead atoms. The van der Waals surface area contributed by atoms with Crippen molar-refractivity contribution in [2.24, 2.45) is 11.8 Å². The highest BCUT2D eigenvalue weighted by molar-refractivity contribution is 6.31. The van der Waals surface area contributed by atoms with E-state index in [0.29, 0.717) is 42.1 Å². The molecule has 0 fully saturated rings. The molecule has 6 nitrogen and oxygen atoms in total. The second kappa shape index (κ2) is 8.04. The quantitative estimate of drug-likeness (QED) is 0.521. The van der Waals surface area contributed by atoms with Crippen molar-refractivity contribution in [3.05, 3.63) is 22.8 Å². The maximum absolute atomic E-state index is 11.7. The minimum absolute atomic E-state index is 0.00886. The van der Waals surface area contributed by atoms with Crippen LogP contribution in [-0.2, 0) is 11.3 Å². The van der Waals surface area contributed by atoms with Gasteiger partial charge in [-0.3, -0.25) is 9.69 Å². The molecular weight excluding hydrogens is 278 g/mol. The number of carbonyl (C=O) groups excluding carboxylic acids is 1. The van der Waals surface area contributed by atoms with Gasteiger partial charge < -0.3 is 10.7 Å². The first-order chi connectivity index (χ1) is 9.42. The molecule has 7 heteroatoms. The summed E-state index contributed by atoms with van der Waals surface area (Å²) in [5.41, 5.74) is 3.16. The Bertz CT molecular complexity index is 452. The van der Waals surface area contributed by atoms with E-state index in [1.54, 1.807) is 12.1 Å². The third kappa shape index (κ3) is 5.73. The SMILES string of the molecule is CC(C)CNC(=O)CN(C)Cc1nc(NN)ccc1Cl. The minimum atomic E-state index is -0.00886. The molecule has 0 atom stereocenters. The zero-order valence-electron chi connectivity index (χ0n) is 12.1. The second-order valence-electron chi connectivity index (χ2n) is 5.14. The highest BCUT2D eigenvalue weighted by Crippen LogP contribution is 2.17. The summed E-state index contributed by atoms with van der Waals surface area (Å²) in [5, 5.41) is 3.42. The van der Waals surface area contributed by atoms with E-state index in [-0.39, 0.29) is 5.91 Å². The van der Waals surface area contributed by atoms with E-state index in [4.69, 9.17) is 17.4 Å². The number of hydrogen-bond donors (Lipinski definition) is 3. The van der Waals surface area contributed by atoms with E-state index in [2.05, 4.69) is 29.6 Å². The molecule has 20 heavy (non-hydrogen) atoms. The molecule has 0 radical (unpaired) electrons. The van der Waals surface area contributed by atoms with Crippen LogP contribution < -0.4 is 16.6 Å². The van der Waals surface area contributed by atoms with Crippen molar-refractivity contribution < 1.29 is 4.79 Å². The fourth-order valence-corrected chi connectivity index (χ4v) is 1.77. The third-order valence-corrected chi connectivity index (χ3v) is 2.95. The van der Waals surface area contributed by atoms with Crippen LogP contribution in [0.4, 0.5) is 5.82 Å². The normalized spacial score (nSPS) is 10.9. The number of hydrogen-bond acceptors (Lipinski definition) is 5. The number of hydrazine groups is 1. The van der Waals surface area contributed by atoms with Gasteiger partial charge in [-0.1, -0.05) is 25.4 Å². The number of nitrogens with two attached hydrogens (primary N) is 1. The van der Waals surface area contributed by atoms with Crippen LogP contribution in [0.2, 0.25) is 5.02 Å². The fourth-order valence-electron chi connectivity index (χ4n) is 1.61. The average Bonchev–Trinajstić information content (AvgIpc) is 2.39. The Hall–Kier alpha value is -1.37. The van der Waals surface area contributed by atoms with Crippen molar-refractivity contribution in [2.45, 2.75) is 20.4 Å². The van der Waals surface area contributed by atoms with Gasteiger partial charge in [0.15, 0.2) is 0 Å². The largest absolute Gasteiger partial charge is 0.355 e. The zero-order valence-corrected chi connectivity index (χ0v) is 12.9. The van der Waals surface area contributed by atoms with Crippen molar-refractivity contribution in [2.75, 3.05) is 25.6 Å². The van der Waals surface area contributed by atoms with Gasteiger partial charge in [0.1, 0.15) is 5.82 Å².